The van der Waals surface area contributed by atoms with E-state index in [0.717, 1.165) is 11.8 Å². The maximum atomic E-state index is 12.9. The van der Waals surface area contributed by atoms with Crippen LogP contribution in [0.5, 0.6) is 0 Å². The van der Waals surface area contributed by atoms with Gasteiger partial charge in [0.2, 0.25) is 5.91 Å². The summed E-state index contributed by atoms with van der Waals surface area (Å²) in [4.78, 5) is 11.0. The summed E-state index contributed by atoms with van der Waals surface area (Å²) in [5.41, 5.74) is 6.02. The number of halogens is 2. The van der Waals surface area contributed by atoms with Gasteiger partial charge in [-0.15, -0.1) is 0 Å². The van der Waals surface area contributed by atoms with Crippen LogP contribution in [-0.4, -0.2) is 11.2 Å². The van der Waals surface area contributed by atoms with Crippen LogP contribution in [0.3, 0.4) is 0 Å². The first-order chi connectivity index (χ1) is 7.15. The van der Waals surface area contributed by atoms with Crippen LogP contribution in [0.4, 0.5) is 4.39 Å². The summed E-state index contributed by atoms with van der Waals surface area (Å²) < 4.78 is 12.9. The Kier molecular flexibility index (Phi) is 4.49. The van der Waals surface area contributed by atoms with Crippen molar-refractivity contribution in [2.24, 2.45) is 5.73 Å². The molecular weight excluding hydrogens is 261 g/mol. The van der Waals surface area contributed by atoms with Gasteiger partial charge >= 0.3 is 0 Å². The Morgan fingerprint density at radius 1 is 1.53 bits per heavy atom. The molecule has 2 nitrogen and oxygen atoms in total. The van der Waals surface area contributed by atoms with Gasteiger partial charge in [-0.2, -0.15) is 0 Å². The molecule has 0 saturated heterocycles. The van der Waals surface area contributed by atoms with Crippen molar-refractivity contribution < 1.29 is 9.18 Å². The number of rotatable bonds is 4. The third-order valence-electron chi connectivity index (χ3n) is 1.85. The molecule has 0 bridgehead atoms. The molecule has 15 heavy (non-hydrogen) atoms. The van der Waals surface area contributed by atoms with Crippen molar-refractivity contribution in [3.8, 4) is 0 Å². The minimum Gasteiger partial charge on any atom is -0.366 e. The average molecular weight is 272 g/mol. The molecule has 0 aromatic heterocycles. The van der Waals surface area contributed by atoms with Gasteiger partial charge in [0.15, 0.2) is 0 Å². The third kappa shape index (κ3) is 3.47. The molecule has 4 heteroatoms. The van der Waals surface area contributed by atoms with Gasteiger partial charge in [0.25, 0.3) is 0 Å². The molecule has 2 N–H and O–H groups in total. The van der Waals surface area contributed by atoms with Gasteiger partial charge in [-0.3, -0.25) is 4.79 Å². The molecule has 1 aromatic rings. The summed E-state index contributed by atoms with van der Waals surface area (Å²) in [6.07, 6.45) is 4.37. The summed E-state index contributed by atoms with van der Waals surface area (Å²) >= 11 is 3.27. The minimum absolute atomic E-state index is 0.335. The molecule has 0 radical (unpaired) electrons. The number of alkyl halides is 1. The van der Waals surface area contributed by atoms with E-state index < -0.39 is 5.91 Å². The summed E-state index contributed by atoms with van der Waals surface area (Å²) in [5, 5.41) is 0.824. The first-order valence-electron chi connectivity index (χ1n) is 4.47. The van der Waals surface area contributed by atoms with Crippen LogP contribution < -0.4 is 5.73 Å². The van der Waals surface area contributed by atoms with E-state index >= 15 is 0 Å². The Balaban J connectivity index is 3.02. The van der Waals surface area contributed by atoms with E-state index in [1.807, 2.05) is 6.08 Å². The van der Waals surface area contributed by atoms with E-state index in [9.17, 15) is 9.18 Å². The van der Waals surface area contributed by atoms with Gasteiger partial charge in [0, 0.05) is 10.9 Å². The second-order valence-corrected chi connectivity index (χ2v) is 3.77. The van der Waals surface area contributed by atoms with Crippen molar-refractivity contribution in [3.05, 3.63) is 41.2 Å². The lowest BCUT2D eigenvalue weighted by molar-refractivity contribution is 0.1000. The lowest BCUT2D eigenvalue weighted by Crippen LogP contribution is -2.12. The number of carbonyl (C=O) groups is 1. The minimum atomic E-state index is -0.548. The molecule has 0 saturated carbocycles. The molecule has 0 heterocycles. The molecule has 0 fully saturated rings. The summed E-state index contributed by atoms with van der Waals surface area (Å²) in [7, 11) is 0. The Labute approximate surface area is 96.1 Å². The second-order valence-electron chi connectivity index (χ2n) is 2.98. The first kappa shape index (κ1) is 11.9. The molecule has 80 valence electrons. The lowest BCUT2D eigenvalue weighted by Gasteiger charge is -2.01. The van der Waals surface area contributed by atoms with Crippen LogP contribution in [0.1, 0.15) is 22.3 Å². The highest BCUT2D eigenvalue weighted by molar-refractivity contribution is 9.09. The summed E-state index contributed by atoms with van der Waals surface area (Å²) in [6, 6.07) is 3.91. The number of carbonyl (C=O) groups excluding carboxylic acids is 1. The zero-order valence-electron chi connectivity index (χ0n) is 8.04. The molecule has 0 unspecified atom stereocenters. The van der Waals surface area contributed by atoms with E-state index in [0.29, 0.717) is 11.1 Å². The topological polar surface area (TPSA) is 43.1 Å². The number of hydrogen-bond acceptors (Lipinski definition) is 1. The van der Waals surface area contributed by atoms with Gasteiger partial charge in [-0.1, -0.05) is 28.1 Å². The standard InChI is InChI=1S/C11H11BrFNO/c12-6-2-1-3-8-7-9(13)4-5-10(8)11(14)15/h1,3-5,7H,2,6H2,(H2,14,15). The van der Waals surface area contributed by atoms with Crippen molar-refractivity contribution in [1.82, 2.24) is 0 Å². The van der Waals surface area contributed by atoms with Crippen molar-refractivity contribution in [2.75, 3.05) is 5.33 Å². The normalized spacial score (nSPS) is 10.8. The molecule has 0 aliphatic carbocycles. The number of amides is 1. The molecule has 1 aromatic carbocycles. The van der Waals surface area contributed by atoms with Gasteiger partial charge < -0.3 is 5.73 Å². The fraction of sp³-hybridized carbons (Fsp3) is 0.182. The molecule has 1 amide bonds. The number of hydrogen-bond donors (Lipinski definition) is 1. The fourth-order valence-electron chi connectivity index (χ4n) is 1.17. The van der Waals surface area contributed by atoms with Crippen LogP contribution >= 0.6 is 15.9 Å². The number of allylic oxidation sites excluding steroid dienone is 1. The fourth-order valence-corrected chi connectivity index (χ4v) is 1.43. The third-order valence-corrected chi connectivity index (χ3v) is 2.31. The smallest absolute Gasteiger partial charge is 0.249 e. The molecule has 1 rings (SSSR count). The maximum absolute atomic E-state index is 12.9. The van der Waals surface area contributed by atoms with E-state index in [1.165, 1.54) is 18.2 Å². The second kappa shape index (κ2) is 5.66. The van der Waals surface area contributed by atoms with Crippen molar-refractivity contribution >= 4 is 27.9 Å². The van der Waals surface area contributed by atoms with Crippen LogP contribution in [0, 0.1) is 5.82 Å². The van der Waals surface area contributed by atoms with Crippen molar-refractivity contribution in [3.63, 3.8) is 0 Å². The van der Waals surface area contributed by atoms with Crippen molar-refractivity contribution in [2.45, 2.75) is 6.42 Å². The highest BCUT2D eigenvalue weighted by Crippen LogP contribution is 2.13. The first-order valence-corrected chi connectivity index (χ1v) is 5.59. The average Bonchev–Trinajstić information content (AvgIpc) is 2.18. The van der Waals surface area contributed by atoms with Crippen LogP contribution in [0.15, 0.2) is 24.3 Å². The largest absolute Gasteiger partial charge is 0.366 e. The highest BCUT2D eigenvalue weighted by Gasteiger charge is 2.06. The quantitative estimate of drug-likeness (QED) is 0.841. The molecule has 0 aliphatic heterocycles. The predicted octanol–water partition coefficient (Wildman–Crippen LogP) is 2.72. The predicted molar refractivity (Wildman–Crippen MR) is 62.4 cm³/mol. The Morgan fingerprint density at radius 2 is 2.27 bits per heavy atom. The molecule has 0 spiro atoms. The van der Waals surface area contributed by atoms with Gasteiger partial charge in [0.05, 0.1) is 0 Å². The monoisotopic (exact) mass is 271 g/mol. The lowest BCUT2D eigenvalue weighted by atomic mass is 10.1. The van der Waals surface area contributed by atoms with Gasteiger partial charge in [-0.25, -0.2) is 4.39 Å². The van der Waals surface area contributed by atoms with Crippen molar-refractivity contribution in [1.29, 1.82) is 0 Å². The highest BCUT2D eigenvalue weighted by atomic mass is 79.9. The van der Waals surface area contributed by atoms with Crippen LogP contribution in [-0.2, 0) is 0 Å². The van der Waals surface area contributed by atoms with Gasteiger partial charge in [0.1, 0.15) is 5.82 Å². The molecule has 0 aliphatic rings. The van der Waals surface area contributed by atoms with Gasteiger partial charge in [-0.05, 0) is 30.2 Å². The number of nitrogens with two attached hydrogens (primary N) is 1. The zero-order chi connectivity index (χ0) is 11.3. The Morgan fingerprint density at radius 3 is 2.87 bits per heavy atom. The zero-order valence-corrected chi connectivity index (χ0v) is 9.63. The Hall–Kier alpha value is -1.16. The number of benzene rings is 1. The summed E-state index contributed by atoms with van der Waals surface area (Å²) in [6.45, 7) is 0. The van der Waals surface area contributed by atoms with E-state index in [1.54, 1.807) is 6.08 Å². The SMILES string of the molecule is NC(=O)c1ccc(F)cc1C=CCCBr. The van der Waals surface area contributed by atoms with E-state index in [-0.39, 0.29) is 5.82 Å². The summed E-state index contributed by atoms with van der Waals surface area (Å²) in [5.74, 6) is -0.924. The maximum Gasteiger partial charge on any atom is 0.249 e. The Bertz CT molecular complexity index is 390. The van der Waals surface area contributed by atoms with E-state index in [2.05, 4.69) is 15.9 Å². The van der Waals surface area contributed by atoms with Crippen LogP contribution in [0.2, 0.25) is 0 Å². The number of primary amides is 1. The van der Waals surface area contributed by atoms with Crippen LogP contribution in [0.25, 0.3) is 6.08 Å². The van der Waals surface area contributed by atoms with E-state index in [4.69, 9.17) is 5.73 Å². The molecular formula is C11H11BrFNO. The molecule has 0 atom stereocenters.